The molecule has 0 bridgehead atoms. The minimum absolute atomic E-state index is 0.0476. The number of quaternary nitrogens is 1. The van der Waals surface area contributed by atoms with E-state index in [1.165, 1.54) is 148 Å². The minimum Gasteiger partial charge on any atom is -0.492 e. The Labute approximate surface area is 328 Å². The second-order valence-corrected chi connectivity index (χ2v) is 17.6. The number of hydrogen-bond donors (Lipinski definition) is 1. The molecule has 0 aromatic rings. The summed E-state index contributed by atoms with van der Waals surface area (Å²) < 4.78 is 34.8. The van der Waals surface area contributed by atoms with Gasteiger partial charge in [0.2, 0.25) is 0 Å². The van der Waals surface area contributed by atoms with Gasteiger partial charge in [0.15, 0.2) is 6.10 Å². The van der Waals surface area contributed by atoms with Crippen LogP contribution in [0.5, 0.6) is 0 Å². The van der Waals surface area contributed by atoms with Gasteiger partial charge in [-0.15, -0.1) is 0 Å². The third kappa shape index (κ3) is 41.8. The van der Waals surface area contributed by atoms with Crippen LogP contribution in [0.25, 0.3) is 0 Å². The van der Waals surface area contributed by atoms with E-state index in [0.29, 0.717) is 17.4 Å². The molecule has 0 aromatic heterocycles. The molecule has 0 heterocycles. The number of hydrogen-bond acceptors (Lipinski definition) is 6. The normalized spacial score (nSPS) is 13.9. The van der Waals surface area contributed by atoms with Crippen molar-refractivity contribution in [3.05, 3.63) is 24.5 Å². The summed E-state index contributed by atoms with van der Waals surface area (Å²) >= 11 is 0. The van der Waals surface area contributed by atoms with Crippen molar-refractivity contribution in [1.29, 1.82) is 0 Å². The summed E-state index contributed by atoms with van der Waals surface area (Å²) in [6, 6.07) is 0. The maximum Gasteiger partial charge on any atom is 0.472 e. The van der Waals surface area contributed by atoms with Gasteiger partial charge in [0.05, 0.1) is 34.0 Å². The van der Waals surface area contributed by atoms with Crippen molar-refractivity contribution in [3.63, 3.8) is 0 Å². The highest BCUT2D eigenvalue weighted by Crippen LogP contribution is 2.43. The highest BCUT2D eigenvalue weighted by Gasteiger charge is 2.25. The number of ether oxygens (including phenoxy) is 2. The average molecular weight is 773 g/mol. The standard InChI is InChI=1S/C44H86NO7P/c1-6-8-10-12-14-16-18-20-22-23-24-25-27-29-31-33-35-37-44(46)50-41-43(42-52-53(47,48)51-40-38-45(3,4)5)49-39-36-34-32-30-28-26-21-19-17-15-13-11-9-7-2/h20,22,36,39,43H,6-19,21,23-35,37-38,40-42H2,1-5H3/p+1/b22-20-,39-36-. The molecular weight excluding hydrogens is 685 g/mol. The molecule has 0 saturated heterocycles. The van der Waals surface area contributed by atoms with Crippen molar-refractivity contribution in [1.82, 2.24) is 0 Å². The maximum atomic E-state index is 12.5. The number of carbonyl (C=O) groups excluding carboxylic acids is 1. The molecule has 0 saturated carbocycles. The molecule has 2 unspecified atom stereocenters. The summed E-state index contributed by atoms with van der Waals surface area (Å²) in [6.45, 7) is 4.91. The van der Waals surface area contributed by atoms with Crippen LogP contribution in [0.1, 0.15) is 200 Å². The highest BCUT2D eigenvalue weighted by molar-refractivity contribution is 7.47. The van der Waals surface area contributed by atoms with Crippen LogP contribution in [-0.2, 0) is 27.9 Å². The Hall–Kier alpha value is -1.18. The van der Waals surface area contributed by atoms with Gasteiger partial charge >= 0.3 is 13.8 Å². The quantitative estimate of drug-likeness (QED) is 0.0165. The molecule has 9 heteroatoms. The van der Waals surface area contributed by atoms with Gasteiger partial charge in [0.25, 0.3) is 0 Å². The van der Waals surface area contributed by atoms with Crippen molar-refractivity contribution in [2.45, 2.75) is 206 Å². The second-order valence-electron chi connectivity index (χ2n) is 16.1. The first-order valence-electron chi connectivity index (χ1n) is 22.1. The molecule has 2 atom stereocenters. The highest BCUT2D eigenvalue weighted by atomic mass is 31.2. The van der Waals surface area contributed by atoms with Crippen LogP contribution >= 0.6 is 7.82 Å². The summed E-state index contributed by atoms with van der Waals surface area (Å²) in [5, 5.41) is 0. The Balaban J connectivity index is 4.25. The summed E-state index contributed by atoms with van der Waals surface area (Å²) in [5.74, 6) is -0.279. The molecule has 8 nitrogen and oxygen atoms in total. The van der Waals surface area contributed by atoms with Gasteiger partial charge < -0.3 is 18.9 Å². The topological polar surface area (TPSA) is 91.3 Å². The third-order valence-corrected chi connectivity index (χ3v) is 10.6. The molecule has 53 heavy (non-hydrogen) atoms. The van der Waals surface area contributed by atoms with Crippen LogP contribution in [0, 0.1) is 0 Å². The Bertz CT molecular complexity index is 905. The first-order valence-corrected chi connectivity index (χ1v) is 23.6. The number of nitrogens with zero attached hydrogens (tertiary/aromatic N) is 1. The molecular formula is C44H87NO7P+. The van der Waals surface area contributed by atoms with Crippen LogP contribution in [0.3, 0.4) is 0 Å². The van der Waals surface area contributed by atoms with Gasteiger partial charge in [-0.1, -0.05) is 161 Å². The van der Waals surface area contributed by atoms with Crippen LogP contribution in [0.15, 0.2) is 24.5 Å². The zero-order chi connectivity index (χ0) is 39.1. The largest absolute Gasteiger partial charge is 0.492 e. The predicted molar refractivity (Wildman–Crippen MR) is 224 cm³/mol. The van der Waals surface area contributed by atoms with Gasteiger partial charge in [0.1, 0.15) is 19.8 Å². The second kappa shape index (κ2) is 37.7. The van der Waals surface area contributed by atoms with Crippen molar-refractivity contribution < 1.29 is 37.3 Å². The number of allylic oxidation sites excluding steroid dienone is 3. The van der Waals surface area contributed by atoms with Gasteiger partial charge in [-0.25, -0.2) is 4.57 Å². The first-order chi connectivity index (χ1) is 25.6. The molecule has 0 spiro atoms. The Morgan fingerprint density at radius 1 is 0.585 bits per heavy atom. The van der Waals surface area contributed by atoms with Crippen molar-refractivity contribution in [2.24, 2.45) is 0 Å². The zero-order valence-electron chi connectivity index (χ0n) is 35.5. The lowest BCUT2D eigenvalue weighted by Crippen LogP contribution is -2.37. The molecule has 314 valence electrons. The molecule has 0 aliphatic rings. The number of phosphoric ester groups is 1. The van der Waals surface area contributed by atoms with Crippen molar-refractivity contribution >= 4 is 13.8 Å². The fourth-order valence-corrected chi connectivity index (χ4v) is 6.80. The van der Waals surface area contributed by atoms with Crippen LogP contribution in [-0.4, -0.2) is 69.0 Å². The number of unbranched alkanes of at least 4 members (excludes halogenated alkanes) is 25. The predicted octanol–water partition coefficient (Wildman–Crippen LogP) is 13.2. The molecule has 0 aromatic carbocycles. The molecule has 0 fully saturated rings. The number of carbonyl (C=O) groups is 1. The van der Waals surface area contributed by atoms with E-state index >= 15 is 0 Å². The van der Waals surface area contributed by atoms with Gasteiger partial charge in [0, 0.05) is 6.42 Å². The maximum absolute atomic E-state index is 12.5. The SMILES string of the molecule is CCCCCCCC/C=C\CCCCCCCCCC(=O)OCC(COP(=O)(O)OCC[N+](C)(C)C)O/C=C\CCCCCCCCCCCCCC. The summed E-state index contributed by atoms with van der Waals surface area (Å²) in [4.78, 5) is 22.7. The average Bonchev–Trinajstić information content (AvgIpc) is 3.11. The molecule has 0 amide bonds. The minimum atomic E-state index is -4.26. The van der Waals surface area contributed by atoms with Gasteiger partial charge in [-0.2, -0.15) is 0 Å². The Kier molecular flexibility index (Phi) is 36.9. The van der Waals surface area contributed by atoms with E-state index in [0.717, 1.165) is 32.1 Å². The molecule has 1 N–H and O–H groups in total. The zero-order valence-corrected chi connectivity index (χ0v) is 36.4. The first kappa shape index (κ1) is 51.8. The molecule has 0 aliphatic heterocycles. The number of phosphoric acid groups is 1. The Morgan fingerprint density at radius 3 is 1.45 bits per heavy atom. The molecule has 0 aliphatic carbocycles. The van der Waals surface area contributed by atoms with E-state index in [9.17, 15) is 14.3 Å². The van der Waals surface area contributed by atoms with Crippen LogP contribution in [0.2, 0.25) is 0 Å². The van der Waals surface area contributed by atoms with E-state index in [1.54, 1.807) is 6.26 Å². The smallest absolute Gasteiger partial charge is 0.472 e. The van der Waals surface area contributed by atoms with Gasteiger partial charge in [-0.05, 0) is 51.0 Å². The fraction of sp³-hybridized carbons (Fsp3) is 0.886. The van der Waals surface area contributed by atoms with E-state index in [4.69, 9.17) is 18.5 Å². The van der Waals surface area contributed by atoms with E-state index in [1.807, 2.05) is 27.2 Å². The van der Waals surface area contributed by atoms with E-state index < -0.39 is 13.9 Å². The molecule has 0 rings (SSSR count). The monoisotopic (exact) mass is 773 g/mol. The summed E-state index contributed by atoms with van der Waals surface area (Å²) in [6.07, 6.45) is 43.1. The van der Waals surface area contributed by atoms with Crippen molar-refractivity contribution in [3.8, 4) is 0 Å². The fourth-order valence-electron chi connectivity index (χ4n) is 6.06. The third-order valence-electron chi connectivity index (χ3n) is 9.60. The lowest BCUT2D eigenvalue weighted by molar-refractivity contribution is -0.870. The van der Waals surface area contributed by atoms with E-state index in [2.05, 4.69) is 26.0 Å². The van der Waals surface area contributed by atoms with Gasteiger partial charge in [-0.3, -0.25) is 13.8 Å². The molecule has 0 radical (unpaired) electrons. The Morgan fingerprint density at radius 2 is 1.00 bits per heavy atom. The lowest BCUT2D eigenvalue weighted by Gasteiger charge is -2.24. The lowest BCUT2D eigenvalue weighted by atomic mass is 10.0. The van der Waals surface area contributed by atoms with Crippen LogP contribution < -0.4 is 0 Å². The van der Waals surface area contributed by atoms with E-state index in [-0.39, 0.29) is 25.8 Å². The summed E-state index contributed by atoms with van der Waals surface area (Å²) in [5.41, 5.74) is 0. The number of likely N-dealkylation sites (N-methyl/N-ethyl adjacent to an activating group) is 1. The van der Waals surface area contributed by atoms with Crippen molar-refractivity contribution in [2.75, 3.05) is 47.5 Å². The summed E-state index contributed by atoms with van der Waals surface area (Å²) in [7, 11) is 1.68. The van der Waals surface area contributed by atoms with Crippen LogP contribution in [0.4, 0.5) is 0 Å². The number of esters is 1. The number of rotatable bonds is 41.